The summed E-state index contributed by atoms with van der Waals surface area (Å²) in [6.45, 7) is 3.03. The highest BCUT2D eigenvalue weighted by molar-refractivity contribution is 5.97. The van der Waals surface area contributed by atoms with Gasteiger partial charge in [-0.3, -0.25) is 4.79 Å². The van der Waals surface area contributed by atoms with E-state index in [1.165, 1.54) is 7.11 Å². The van der Waals surface area contributed by atoms with Crippen LogP contribution in [0.25, 0.3) is 10.9 Å². The maximum absolute atomic E-state index is 12.5. The van der Waals surface area contributed by atoms with E-state index in [0.29, 0.717) is 25.3 Å². The summed E-state index contributed by atoms with van der Waals surface area (Å²) in [5.74, 6) is 0.214. The molecule has 174 valence electrons. The Morgan fingerprint density at radius 2 is 1.88 bits per heavy atom. The average molecular weight is 451 g/mol. The standard InChI is InChI=1S/C26H30N2O5/c1-3-32-18-13-11-17(12-14-18)15-28-20-8-5-4-7-19(26(27)30)24(20)25-21(28)9-6-10-22(25)33-16-23(29)31-2/h6,9-14,19H,3-5,7-8,15-16H2,1-2H3,(H2,27,30). The van der Waals surface area contributed by atoms with Crippen LogP contribution in [0.1, 0.15) is 48.9 Å². The van der Waals surface area contributed by atoms with E-state index in [1.54, 1.807) is 0 Å². The van der Waals surface area contributed by atoms with Crippen LogP contribution in [0.4, 0.5) is 0 Å². The molecule has 3 aromatic rings. The molecule has 1 unspecified atom stereocenters. The van der Waals surface area contributed by atoms with Gasteiger partial charge >= 0.3 is 5.97 Å². The first-order valence-corrected chi connectivity index (χ1v) is 11.4. The molecule has 2 N–H and O–H groups in total. The number of rotatable bonds is 8. The van der Waals surface area contributed by atoms with E-state index in [1.807, 2.05) is 37.3 Å². The van der Waals surface area contributed by atoms with Gasteiger partial charge in [0.05, 0.1) is 25.2 Å². The minimum absolute atomic E-state index is 0.199. The molecule has 7 nitrogen and oxygen atoms in total. The Labute approximate surface area is 193 Å². The summed E-state index contributed by atoms with van der Waals surface area (Å²) in [5, 5.41) is 0.855. The van der Waals surface area contributed by atoms with E-state index < -0.39 is 11.9 Å². The highest BCUT2D eigenvalue weighted by atomic mass is 16.6. The van der Waals surface area contributed by atoms with Gasteiger partial charge in [0.25, 0.3) is 0 Å². The summed E-state index contributed by atoms with van der Waals surface area (Å²) in [4.78, 5) is 24.2. The molecule has 1 aromatic heterocycles. The number of aromatic nitrogens is 1. The third kappa shape index (κ3) is 4.67. The van der Waals surface area contributed by atoms with Gasteiger partial charge in [-0.1, -0.05) is 24.6 Å². The molecule has 1 aliphatic rings. The molecule has 1 heterocycles. The van der Waals surface area contributed by atoms with Crippen molar-refractivity contribution >= 4 is 22.8 Å². The molecular weight excluding hydrogens is 420 g/mol. The van der Waals surface area contributed by atoms with E-state index in [2.05, 4.69) is 16.7 Å². The van der Waals surface area contributed by atoms with Gasteiger partial charge in [0, 0.05) is 17.6 Å². The Hall–Kier alpha value is -3.48. The van der Waals surface area contributed by atoms with Crippen LogP contribution in [-0.4, -0.2) is 36.8 Å². The van der Waals surface area contributed by atoms with E-state index in [-0.39, 0.29) is 12.5 Å². The Balaban J connectivity index is 1.84. The van der Waals surface area contributed by atoms with Crippen molar-refractivity contribution in [3.63, 3.8) is 0 Å². The first kappa shape index (κ1) is 22.7. The zero-order valence-electron chi connectivity index (χ0n) is 19.1. The quantitative estimate of drug-likeness (QED) is 0.415. The van der Waals surface area contributed by atoms with E-state index in [4.69, 9.17) is 19.9 Å². The molecule has 0 saturated carbocycles. The number of amides is 1. The summed E-state index contributed by atoms with van der Waals surface area (Å²) < 4.78 is 18.4. The summed E-state index contributed by atoms with van der Waals surface area (Å²) >= 11 is 0. The fourth-order valence-corrected chi connectivity index (χ4v) is 4.70. The van der Waals surface area contributed by atoms with Gasteiger partial charge in [-0.2, -0.15) is 0 Å². The molecule has 1 aliphatic carbocycles. The van der Waals surface area contributed by atoms with Gasteiger partial charge in [-0.15, -0.1) is 0 Å². The van der Waals surface area contributed by atoms with Gasteiger partial charge in [0.2, 0.25) is 5.91 Å². The minimum atomic E-state index is -0.460. The summed E-state index contributed by atoms with van der Waals surface area (Å²) in [7, 11) is 1.33. The number of benzene rings is 2. The van der Waals surface area contributed by atoms with Crippen LogP contribution in [0.15, 0.2) is 42.5 Å². The number of fused-ring (bicyclic) bond motifs is 3. The molecule has 7 heteroatoms. The minimum Gasteiger partial charge on any atom is -0.494 e. The van der Waals surface area contributed by atoms with Crippen LogP contribution in [0.5, 0.6) is 11.5 Å². The normalized spacial score (nSPS) is 15.5. The number of methoxy groups -OCH3 is 1. The summed E-state index contributed by atoms with van der Waals surface area (Å²) in [6, 6.07) is 13.8. The van der Waals surface area contributed by atoms with Crippen LogP contribution < -0.4 is 15.2 Å². The predicted octanol–water partition coefficient (Wildman–Crippen LogP) is 3.94. The monoisotopic (exact) mass is 450 g/mol. The van der Waals surface area contributed by atoms with E-state index >= 15 is 0 Å². The maximum atomic E-state index is 12.5. The fraction of sp³-hybridized carbons (Fsp3) is 0.385. The predicted molar refractivity (Wildman–Crippen MR) is 126 cm³/mol. The van der Waals surface area contributed by atoms with Crippen LogP contribution in [0.3, 0.4) is 0 Å². The molecule has 0 spiro atoms. The molecule has 0 aliphatic heterocycles. The summed E-state index contributed by atoms with van der Waals surface area (Å²) in [6.07, 6.45) is 3.46. The first-order chi connectivity index (χ1) is 16.0. The van der Waals surface area contributed by atoms with Gasteiger partial charge < -0.3 is 24.5 Å². The van der Waals surface area contributed by atoms with Crippen LogP contribution >= 0.6 is 0 Å². The van der Waals surface area contributed by atoms with Crippen molar-refractivity contribution in [3.05, 3.63) is 59.3 Å². The molecule has 0 fully saturated rings. The smallest absolute Gasteiger partial charge is 0.343 e. The van der Waals surface area contributed by atoms with Crippen molar-refractivity contribution in [1.82, 2.24) is 4.57 Å². The number of carbonyl (C=O) groups is 2. The van der Waals surface area contributed by atoms with Crippen molar-refractivity contribution in [3.8, 4) is 11.5 Å². The second-order valence-electron chi connectivity index (χ2n) is 8.24. The molecule has 0 radical (unpaired) electrons. The van der Waals surface area contributed by atoms with Gasteiger partial charge in [-0.05, 0) is 61.6 Å². The number of esters is 1. The lowest BCUT2D eigenvalue weighted by molar-refractivity contribution is -0.142. The maximum Gasteiger partial charge on any atom is 0.343 e. The number of primary amides is 1. The molecule has 0 bridgehead atoms. The Kier molecular flexibility index (Phi) is 6.87. The zero-order chi connectivity index (χ0) is 23.4. The zero-order valence-corrected chi connectivity index (χ0v) is 19.1. The second kappa shape index (κ2) is 9.98. The van der Waals surface area contributed by atoms with Crippen molar-refractivity contribution in [2.24, 2.45) is 5.73 Å². The van der Waals surface area contributed by atoms with Gasteiger partial charge in [0.1, 0.15) is 11.5 Å². The van der Waals surface area contributed by atoms with Crippen molar-refractivity contribution in [2.45, 2.75) is 45.1 Å². The Morgan fingerprint density at radius 3 is 2.58 bits per heavy atom. The van der Waals surface area contributed by atoms with Crippen LogP contribution in [-0.2, 0) is 27.3 Å². The third-order valence-corrected chi connectivity index (χ3v) is 6.20. The Morgan fingerprint density at radius 1 is 1.09 bits per heavy atom. The average Bonchev–Trinajstić information content (AvgIpc) is 2.96. The third-order valence-electron chi connectivity index (χ3n) is 6.20. The molecule has 0 saturated heterocycles. The van der Waals surface area contributed by atoms with Crippen molar-refractivity contribution in [1.29, 1.82) is 0 Å². The molecule has 4 rings (SSSR count). The number of hydrogen-bond donors (Lipinski definition) is 1. The Bertz CT molecular complexity index is 1150. The lowest BCUT2D eigenvalue weighted by Crippen LogP contribution is -2.21. The number of nitrogens with zero attached hydrogens (tertiary/aromatic N) is 1. The number of nitrogens with two attached hydrogens (primary N) is 1. The highest BCUT2D eigenvalue weighted by Crippen LogP contribution is 2.42. The molecule has 1 atom stereocenters. The first-order valence-electron chi connectivity index (χ1n) is 11.4. The molecular formula is C26H30N2O5. The largest absolute Gasteiger partial charge is 0.494 e. The number of carbonyl (C=O) groups excluding carboxylic acids is 2. The van der Waals surface area contributed by atoms with Crippen LogP contribution in [0, 0.1) is 0 Å². The second-order valence-corrected chi connectivity index (χ2v) is 8.24. The topological polar surface area (TPSA) is 92.8 Å². The van der Waals surface area contributed by atoms with E-state index in [0.717, 1.165) is 52.7 Å². The fourth-order valence-electron chi connectivity index (χ4n) is 4.70. The van der Waals surface area contributed by atoms with E-state index in [9.17, 15) is 9.59 Å². The lowest BCUT2D eigenvalue weighted by Gasteiger charge is -2.14. The SMILES string of the molecule is CCOc1ccc(Cn2c3c(c4c(OCC(=O)OC)cccc42)C(C(N)=O)CCCC3)cc1. The lowest BCUT2D eigenvalue weighted by atomic mass is 9.92. The van der Waals surface area contributed by atoms with Gasteiger partial charge in [-0.25, -0.2) is 4.79 Å². The summed E-state index contributed by atoms with van der Waals surface area (Å²) in [5.41, 5.74) is 9.99. The number of ether oxygens (including phenoxy) is 3. The molecule has 2 aromatic carbocycles. The van der Waals surface area contributed by atoms with Gasteiger partial charge in [0.15, 0.2) is 6.61 Å². The molecule has 33 heavy (non-hydrogen) atoms. The highest BCUT2D eigenvalue weighted by Gasteiger charge is 2.31. The van der Waals surface area contributed by atoms with Crippen LogP contribution in [0.2, 0.25) is 0 Å². The number of hydrogen-bond acceptors (Lipinski definition) is 5. The molecule has 1 amide bonds. The van der Waals surface area contributed by atoms with Crippen molar-refractivity contribution in [2.75, 3.05) is 20.3 Å². The van der Waals surface area contributed by atoms with Crippen molar-refractivity contribution < 1.29 is 23.8 Å².